The van der Waals surface area contributed by atoms with Crippen molar-refractivity contribution in [3.8, 4) is 22.6 Å². The standard InChI is InChI=1S/C38H31NO2/c39-24-25-12-7-8-17-28(25)29-19-11-21-33-36(29)40-34-23-22-32-35(37(34)41-33)30-18-9-10-20-31(30)38(32,26-13-3-1-4-14-26)27-15-5-2-6-16-27/h1-11,13-23,25,33,36H,12,24,39H2. The Morgan fingerprint density at radius 1 is 0.707 bits per heavy atom. The molecule has 0 saturated heterocycles. The predicted molar refractivity (Wildman–Crippen MR) is 164 cm³/mol. The summed E-state index contributed by atoms with van der Waals surface area (Å²) in [7, 11) is 0. The van der Waals surface area contributed by atoms with E-state index in [2.05, 4.69) is 134 Å². The van der Waals surface area contributed by atoms with Gasteiger partial charge in [0.25, 0.3) is 0 Å². The molecule has 3 heteroatoms. The van der Waals surface area contributed by atoms with Crippen molar-refractivity contribution in [1.82, 2.24) is 0 Å². The minimum atomic E-state index is -0.468. The first-order valence-electron chi connectivity index (χ1n) is 14.5. The van der Waals surface area contributed by atoms with Crippen molar-refractivity contribution in [1.29, 1.82) is 0 Å². The second kappa shape index (κ2) is 9.50. The zero-order chi connectivity index (χ0) is 27.4. The molecule has 0 aromatic heterocycles. The number of nitrogens with two attached hydrogens (primary N) is 1. The van der Waals surface area contributed by atoms with Crippen LogP contribution in [0.3, 0.4) is 0 Å². The molecule has 0 saturated carbocycles. The molecule has 1 aliphatic heterocycles. The minimum absolute atomic E-state index is 0.220. The van der Waals surface area contributed by atoms with E-state index in [0.29, 0.717) is 6.54 Å². The van der Waals surface area contributed by atoms with Crippen molar-refractivity contribution in [2.75, 3.05) is 6.54 Å². The van der Waals surface area contributed by atoms with Crippen molar-refractivity contribution < 1.29 is 9.47 Å². The summed E-state index contributed by atoms with van der Waals surface area (Å²) in [6, 6.07) is 34.8. The summed E-state index contributed by atoms with van der Waals surface area (Å²) in [6.07, 6.45) is 13.4. The lowest BCUT2D eigenvalue weighted by molar-refractivity contribution is 0.0695. The molecule has 3 aliphatic carbocycles. The molecule has 1 heterocycles. The molecule has 4 aromatic carbocycles. The Morgan fingerprint density at radius 2 is 1.41 bits per heavy atom. The average Bonchev–Trinajstić information content (AvgIpc) is 3.36. The largest absolute Gasteiger partial charge is 0.478 e. The first kappa shape index (κ1) is 24.2. The summed E-state index contributed by atoms with van der Waals surface area (Å²) in [4.78, 5) is 0. The van der Waals surface area contributed by atoms with Gasteiger partial charge in [-0.3, -0.25) is 0 Å². The van der Waals surface area contributed by atoms with Gasteiger partial charge in [0, 0.05) is 5.56 Å². The minimum Gasteiger partial charge on any atom is -0.478 e. The molecule has 0 fully saturated rings. The van der Waals surface area contributed by atoms with Crippen LogP contribution in [0.1, 0.15) is 28.7 Å². The van der Waals surface area contributed by atoms with Crippen LogP contribution >= 0.6 is 0 Å². The monoisotopic (exact) mass is 533 g/mol. The van der Waals surface area contributed by atoms with Crippen LogP contribution in [0.25, 0.3) is 11.1 Å². The molecule has 4 aliphatic rings. The van der Waals surface area contributed by atoms with E-state index in [9.17, 15) is 0 Å². The second-order valence-corrected chi connectivity index (χ2v) is 11.2. The molecular weight excluding hydrogens is 502 g/mol. The third-order valence-corrected chi connectivity index (χ3v) is 9.12. The van der Waals surface area contributed by atoms with E-state index in [1.165, 1.54) is 33.4 Å². The van der Waals surface area contributed by atoms with Gasteiger partial charge in [0.2, 0.25) is 0 Å². The predicted octanol–water partition coefficient (Wildman–Crippen LogP) is 7.52. The highest BCUT2D eigenvalue weighted by atomic mass is 16.6. The van der Waals surface area contributed by atoms with Crippen LogP contribution in [0.4, 0.5) is 0 Å². The van der Waals surface area contributed by atoms with Gasteiger partial charge in [-0.1, -0.05) is 121 Å². The molecule has 2 N–H and O–H groups in total. The number of fused-ring (bicyclic) bond motifs is 6. The molecule has 4 aromatic rings. The van der Waals surface area contributed by atoms with Crippen LogP contribution < -0.4 is 15.2 Å². The molecule has 200 valence electrons. The van der Waals surface area contributed by atoms with Crippen LogP contribution in [0.2, 0.25) is 0 Å². The summed E-state index contributed by atoms with van der Waals surface area (Å²) >= 11 is 0. The lowest BCUT2D eigenvalue weighted by atomic mass is 9.68. The molecule has 0 radical (unpaired) electrons. The van der Waals surface area contributed by atoms with Gasteiger partial charge < -0.3 is 15.2 Å². The SMILES string of the molecule is NCC1CC=CC=C1C1=CC=CC2Oc3c(ccc4c3-c3ccccc3C4(c3ccccc3)c3ccccc3)OC12. The zero-order valence-electron chi connectivity index (χ0n) is 22.7. The molecule has 3 unspecified atom stereocenters. The Hall–Kier alpha value is -4.60. The maximum atomic E-state index is 6.96. The van der Waals surface area contributed by atoms with Crippen LogP contribution in [-0.4, -0.2) is 18.8 Å². The zero-order valence-corrected chi connectivity index (χ0v) is 22.7. The number of benzene rings is 4. The Labute approximate surface area is 240 Å². The number of ether oxygens (including phenoxy) is 2. The lowest BCUT2D eigenvalue weighted by Gasteiger charge is -2.39. The lowest BCUT2D eigenvalue weighted by Crippen LogP contribution is -2.42. The number of hydrogen-bond donors (Lipinski definition) is 1. The summed E-state index contributed by atoms with van der Waals surface area (Å²) < 4.78 is 13.8. The Kier molecular flexibility index (Phi) is 5.61. The fourth-order valence-corrected chi connectivity index (χ4v) is 7.33. The van der Waals surface area contributed by atoms with E-state index in [1.807, 2.05) is 0 Å². The maximum Gasteiger partial charge on any atom is 0.170 e. The van der Waals surface area contributed by atoms with Gasteiger partial charge in [-0.05, 0) is 70.0 Å². The van der Waals surface area contributed by atoms with Crippen molar-refractivity contribution in [3.05, 3.63) is 167 Å². The van der Waals surface area contributed by atoms with Crippen molar-refractivity contribution >= 4 is 0 Å². The Bertz CT molecular complexity index is 1720. The third-order valence-electron chi connectivity index (χ3n) is 9.12. The normalized spacial score (nSPS) is 22.7. The molecule has 3 atom stereocenters. The number of hydrogen-bond acceptors (Lipinski definition) is 3. The Balaban J connectivity index is 1.32. The summed E-state index contributed by atoms with van der Waals surface area (Å²) in [5, 5.41) is 0. The fourth-order valence-electron chi connectivity index (χ4n) is 7.33. The maximum absolute atomic E-state index is 6.96. The van der Waals surface area contributed by atoms with Gasteiger partial charge in [0.05, 0.1) is 5.41 Å². The molecule has 0 amide bonds. The first-order chi connectivity index (χ1) is 20.3. The topological polar surface area (TPSA) is 44.5 Å². The highest BCUT2D eigenvalue weighted by Gasteiger charge is 2.49. The first-order valence-corrected chi connectivity index (χ1v) is 14.5. The average molecular weight is 534 g/mol. The molecule has 0 bridgehead atoms. The highest BCUT2D eigenvalue weighted by molar-refractivity contribution is 5.91. The van der Waals surface area contributed by atoms with Crippen LogP contribution in [0.15, 0.2) is 145 Å². The van der Waals surface area contributed by atoms with Crippen LogP contribution in [-0.2, 0) is 5.41 Å². The van der Waals surface area contributed by atoms with Gasteiger partial charge in [-0.25, -0.2) is 0 Å². The van der Waals surface area contributed by atoms with Gasteiger partial charge in [-0.15, -0.1) is 0 Å². The summed E-state index contributed by atoms with van der Waals surface area (Å²) in [5.74, 6) is 1.89. The molecule has 41 heavy (non-hydrogen) atoms. The van der Waals surface area contributed by atoms with E-state index in [4.69, 9.17) is 15.2 Å². The molecular formula is C38H31NO2. The second-order valence-electron chi connectivity index (χ2n) is 11.2. The summed E-state index contributed by atoms with van der Waals surface area (Å²) in [6.45, 7) is 0.609. The van der Waals surface area contributed by atoms with Gasteiger partial charge >= 0.3 is 0 Å². The van der Waals surface area contributed by atoms with E-state index in [0.717, 1.165) is 29.1 Å². The highest BCUT2D eigenvalue weighted by Crippen LogP contribution is 2.61. The quantitative estimate of drug-likeness (QED) is 0.260. The summed E-state index contributed by atoms with van der Waals surface area (Å²) in [5.41, 5.74) is 15.4. The fraction of sp³-hybridized carbons (Fsp3) is 0.158. The van der Waals surface area contributed by atoms with Gasteiger partial charge in [0.15, 0.2) is 23.7 Å². The van der Waals surface area contributed by atoms with E-state index in [1.54, 1.807) is 0 Å². The van der Waals surface area contributed by atoms with E-state index >= 15 is 0 Å². The molecule has 8 rings (SSSR count). The van der Waals surface area contributed by atoms with E-state index < -0.39 is 5.41 Å². The van der Waals surface area contributed by atoms with Crippen molar-refractivity contribution in [2.24, 2.45) is 11.7 Å². The molecule has 0 spiro atoms. The van der Waals surface area contributed by atoms with E-state index in [-0.39, 0.29) is 18.1 Å². The van der Waals surface area contributed by atoms with Crippen LogP contribution in [0, 0.1) is 5.92 Å². The number of allylic oxidation sites excluding steroid dienone is 5. The van der Waals surface area contributed by atoms with Gasteiger partial charge in [0.1, 0.15) is 0 Å². The third kappa shape index (κ3) is 3.49. The van der Waals surface area contributed by atoms with Crippen LogP contribution in [0.5, 0.6) is 11.5 Å². The number of rotatable bonds is 4. The van der Waals surface area contributed by atoms with Crippen molar-refractivity contribution in [3.63, 3.8) is 0 Å². The smallest absolute Gasteiger partial charge is 0.170 e. The molecule has 3 nitrogen and oxygen atoms in total. The Morgan fingerprint density at radius 3 is 2.17 bits per heavy atom. The van der Waals surface area contributed by atoms with Crippen molar-refractivity contribution in [2.45, 2.75) is 24.0 Å². The van der Waals surface area contributed by atoms with Gasteiger partial charge in [-0.2, -0.15) is 0 Å².